The second-order valence-electron chi connectivity index (χ2n) is 6.78. The lowest BCUT2D eigenvalue weighted by molar-refractivity contribution is -0.114. The van der Waals surface area contributed by atoms with E-state index in [2.05, 4.69) is 5.32 Å². The number of methoxy groups -OCH3 is 2. The molecule has 3 aromatic rings. The van der Waals surface area contributed by atoms with Crippen LogP contribution in [-0.4, -0.2) is 35.1 Å². The van der Waals surface area contributed by atoms with E-state index in [1.54, 1.807) is 54.6 Å². The number of aryl methyl sites for hydroxylation is 1. The van der Waals surface area contributed by atoms with Gasteiger partial charge in [0.2, 0.25) is 5.91 Å². The molecule has 0 saturated carbocycles. The summed E-state index contributed by atoms with van der Waals surface area (Å²) in [4.78, 5) is 13.0. The molecule has 0 bridgehead atoms. The monoisotopic (exact) mass is 440 g/mol. The molecule has 0 spiro atoms. The number of rotatable bonds is 8. The van der Waals surface area contributed by atoms with Gasteiger partial charge in [0.15, 0.2) is 0 Å². The largest absolute Gasteiger partial charge is 0.497 e. The third-order valence-electron chi connectivity index (χ3n) is 4.59. The Morgan fingerprint density at radius 1 is 0.935 bits per heavy atom. The molecule has 7 nitrogen and oxygen atoms in total. The predicted octanol–water partition coefficient (Wildman–Crippen LogP) is 3.85. The van der Waals surface area contributed by atoms with Crippen LogP contribution in [0.25, 0.3) is 0 Å². The minimum absolute atomic E-state index is 0.0822. The molecule has 3 rings (SSSR count). The number of hydrogen-bond acceptors (Lipinski definition) is 5. The number of carbonyl (C=O) groups excluding carboxylic acids is 1. The number of sulfonamides is 1. The zero-order valence-electron chi connectivity index (χ0n) is 17.5. The average Bonchev–Trinajstić information content (AvgIpc) is 2.78. The second-order valence-corrected chi connectivity index (χ2v) is 8.64. The molecule has 0 heterocycles. The van der Waals surface area contributed by atoms with Gasteiger partial charge < -0.3 is 14.8 Å². The molecule has 0 saturated heterocycles. The molecule has 31 heavy (non-hydrogen) atoms. The summed E-state index contributed by atoms with van der Waals surface area (Å²) < 4.78 is 38.3. The Morgan fingerprint density at radius 3 is 2.35 bits per heavy atom. The quantitative estimate of drug-likeness (QED) is 0.575. The van der Waals surface area contributed by atoms with Crippen LogP contribution >= 0.6 is 0 Å². The number of benzene rings is 3. The molecule has 162 valence electrons. The van der Waals surface area contributed by atoms with Crippen LogP contribution in [0.15, 0.2) is 77.7 Å². The standard InChI is InChI=1S/C23H24N2O5S/c1-17-12-13-22(30-3)21(14-17)24-23(26)16-25(18-8-7-9-19(15-18)29-2)31(27,28)20-10-5-4-6-11-20/h4-15H,16H2,1-3H3,(H,24,26). The van der Waals surface area contributed by atoms with Crippen molar-refractivity contribution in [2.75, 3.05) is 30.4 Å². The Hall–Kier alpha value is -3.52. The van der Waals surface area contributed by atoms with Gasteiger partial charge >= 0.3 is 0 Å². The number of carbonyl (C=O) groups is 1. The summed E-state index contributed by atoms with van der Waals surface area (Å²) in [6, 6.07) is 19.9. The average molecular weight is 441 g/mol. The zero-order valence-corrected chi connectivity index (χ0v) is 18.3. The van der Waals surface area contributed by atoms with E-state index in [-0.39, 0.29) is 4.90 Å². The molecule has 8 heteroatoms. The van der Waals surface area contributed by atoms with Gasteiger partial charge in [-0.25, -0.2) is 8.42 Å². The van der Waals surface area contributed by atoms with E-state index in [0.29, 0.717) is 22.9 Å². The van der Waals surface area contributed by atoms with E-state index in [1.807, 2.05) is 13.0 Å². The van der Waals surface area contributed by atoms with Crippen molar-refractivity contribution in [3.05, 3.63) is 78.4 Å². The third kappa shape index (κ3) is 5.16. The first-order valence-electron chi connectivity index (χ1n) is 9.51. The van der Waals surface area contributed by atoms with Crippen LogP contribution < -0.4 is 19.1 Å². The van der Waals surface area contributed by atoms with E-state index in [1.165, 1.54) is 26.4 Å². The van der Waals surface area contributed by atoms with E-state index in [4.69, 9.17) is 9.47 Å². The highest BCUT2D eigenvalue weighted by Crippen LogP contribution is 2.28. The van der Waals surface area contributed by atoms with Crippen molar-refractivity contribution in [3.63, 3.8) is 0 Å². The fourth-order valence-electron chi connectivity index (χ4n) is 3.04. The third-order valence-corrected chi connectivity index (χ3v) is 6.38. The van der Waals surface area contributed by atoms with Crippen LogP contribution in [0.5, 0.6) is 11.5 Å². The summed E-state index contributed by atoms with van der Waals surface area (Å²) in [6.07, 6.45) is 0. The number of amides is 1. The molecule has 0 radical (unpaired) electrons. The zero-order chi connectivity index (χ0) is 22.4. The Balaban J connectivity index is 1.97. The van der Waals surface area contributed by atoms with Crippen molar-refractivity contribution in [1.29, 1.82) is 0 Å². The van der Waals surface area contributed by atoms with E-state index in [9.17, 15) is 13.2 Å². The van der Waals surface area contributed by atoms with Gasteiger partial charge in [-0.05, 0) is 48.9 Å². The summed E-state index contributed by atoms with van der Waals surface area (Å²) >= 11 is 0. The normalized spacial score (nSPS) is 10.9. The minimum atomic E-state index is -4.00. The van der Waals surface area contributed by atoms with Crippen molar-refractivity contribution in [2.24, 2.45) is 0 Å². The van der Waals surface area contributed by atoms with Crippen LogP contribution in [0.2, 0.25) is 0 Å². The van der Waals surface area contributed by atoms with Gasteiger partial charge in [-0.2, -0.15) is 0 Å². The summed E-state index contributed by atoms with van der Waals surface area (Å²) in [5, 5.41) is 2.75. The molecule has 3 aromatic carbocycles. The summed E-state index contributed by atoms with van der Waals surface area (Å²) in [6.45, 7) is 1.46. The van der Waals surface area contributed by atoms with Gasteiger partial charge in [0.25, 0.3) is 10.0 Å². The summed E-state index contributed by atoms with van der Waals surface area (Å²) in [7, 11) is -1.01. The Labute approximate surface area is 182 Å². The Kier molecular flexibility index (Phi) is 6.81. The van der Waals surface area contributed by atoms with Gasteiger partial charge in [0.05, 0.1) is 30.5 Å². The molecule has 0 aliphatic carbocycles. The molecule has 0 aliphatic rings. The van der Waals surface area contributed by atoms with Crippen molar-refractivity contribution < 1.29 is 22.7 Å². The number of hydrogen-bond donors (Lipinski definition) is 1. The van der Waals surface area contributed by atoms with Crippen LogP contribution in [0.3, 0.4) is 0 Å². The molecule has 1 amide bonds. The predicted molar refractivity (Wildman–Crippen MR) is 120 cm³/mol. The first kappa shape index (κ1) is 22.2. The van der Waals surface area contributed by atoms with E-state index >= 15 is 0 Å². The maximum atomic E-state index is 13.4. The highest BCUT2D eigenvalue weighted by Gasteiger charge is 2.27. The van der Waals surface area contributed by atoms with Crippen molar-refractivity contribution in [2.45, 2.75) is 11.8 Å². The van der Waals surface area contributed by atoms with Crippen LogP contribution in [-0.2, 0) is 14.8 Å². The fraction of sp³-hybridized carbons (Fsp3) is 0.174. The lowest BCUT2D eigenvalue weighted by Crippen LogP contribution is -2.38. The van der Waals surface area contributed by atoms with Crippen LogP contribution in [0.1, 0.15) is 5.56 Å². The number of nitrogens with one attached hydrogen (secondary N) is 1. The van der Waals surface area contributed by atoms with Gasteiger partial charge in [0, 0.05) is 6.07 Å². The van der Waals surface area contributed by atoms with E-state index < -0.39 is 22.5 Å². The summed E-state index contributed by atoms with van der Waals surface area (Å²) in [5.74, 6) is 0.454. The highest BCUT2D eigenvalue weighted by atomic mass is 32.2. The maximum Gasteiger partial charge on any atom is 0.264 e. The van der Waals surface area contributed by atoms with Gasteiger partial charge in [-0.1, -0.05) is 30.3 Å². The molecular formula is C23H24N2O5S. The summed E-state index contributed by atoms with van der Waals surface area (Å²) in [5.41, 5.74) is 1.71. The highest BCUT2D eigenvalue weighted by molar-refractivity contribution is 7.92. The van der Waals surface area contributed by atoms with Crippen molar-refractivity contribution in [1.82, 2.24) is 0 Å². The SMILES string of the molecule is COc1cccc(N(CC(=O)Nc2cc(C)ccc2OC)S(=O)(=O)c2ccccc2)c1. The molecule has 0 atom stereocenters. The Bertz CT molecular complexity index is 1160. The lowest BCUT2D eigenvalue weighted by atomic mass is 10.2. The van der Waals surface area contributed by atoms with Crippen molar-refractivity contribution >= 4 is 27.3 Å². The number of anilines is 2. The first-order chi connectivity index (χ1) is 14.8. The molecule has 0 fully saturated rings. The molecule has 0 aromatic heterocycles. The molecule has 0 unspecified atom stereocenters. The smallest absolute Gasteiger partial charge is 0.264 e. The Morgan fingerprint density at radius 2 is 1.68 bits per heavy atom. The lowest BCUT2D eigenvalue weighted by Gasteiger charge is -2.24. The maximum absolute atomic E-state index is 13.4. The molecule has 1 N–H and O–H groups in total. The minimum Gasteiger partial charge on any atom is -0.497 e. The topological polar surface area (TPSA) is 84.9 Å². The molecule has 0 aliphatic heterocycles. The first-order valence-corrected chi connectivity index (χ1v) is 11.0. The van der Waals surface area contributed by atoms with Crippen molar-refractivity contribution in [3.8, 4) is 11.5 Å². The van der Waals surface area contributed by atoms with Gasteiger partial charge in [-0.15, -0.1) is 0 Å². The van der Waals surface area contributed by atoms with Gasteiger partial charge in [-0.3, -0.25) is 9.10 Å². The second kappa shape index (κ2) is 9.53. The van der Waals surface area contributed by atoms with Crippen LogP contribution in [0, 0.1) is 6.92 Å². The van der Waals surface area contributed by atoms with E-state index in [0.717, 1.165) is 9.87 Å². The number of ether oxygens (including phenoxy) is 2. The number of nitrogens with zero attached hydrogens (tertiary/aromatic N) is 1. The molecular weight excluding hydrogens is 416 g/mol. The van der Waals surface area contributed by atoms with Gasteiger partial charge in [0.1, 0.15) is 18.0 Å². The fourth-order valence-corrected chi connectivity index (χ4v) is 4.47. The van der Waals surface area contributed by atoms with Crippen LogP contribution in [0.4, 0.5) is 11.4 Å².